The van der Waals surface area contributed by atoms with E-state index in [1.54, 1.807) is 48.5 Å². The van der Waals surface area contributed by atoms with Crippen molar-refractivity contribution >= 4 is 88.6 Å². The summed E-state index contributed by atoms with van der Waals surface area (Å²) in [5.41, 5.74) is -2.54. The normalized spacial score (nSPS) is 19.7. The van der Waals surface area contributed by atoms with E-state index in [2.05, 4.69) is 58.5 Å². The van der Waals surface area contributed by atoms with Gasteiger partial charge in [0.15, 0.2) is 0 Å². The maximum Gasteiger partial charge on any atom is 0.248 e. The maximum absolute atomic E-state index is 14.5. The predicted octanol–water partition coefficient (Wildman–Crippen LogP) is 0.214. The molecule has 0 unspecified atom stereocenters. The second-order valence-electron chi connectivity index (χ2n) is 30.9. The number of nitrogens with one attached hydrogen (secondary N) is 11. The largest absolute Gasteiger partial charge is 0.394 e. The lowest BCUT2D eigenvalue weighted by molar-refractivity contribution is -0.147. The van der Waals surface area contributed by atoms with Crippen molar-refractivity contribution in [2.45, 2.75) is 304 Å². The van der Waals surface area contributed by atoms with Gasteiger partial charge < -0.3 is 84.0 Å². The molecule has 15 amide bonds. The van der Waals surface area contributed by atoms with Crippen LogP contribution in [0, 0.1) is 23.7 Å². The molecule has 31 nitrogen and oxygen atoms in total. The van der Waals surface area contributed by atoms with Crippen molar-refractivity contribution in [2.75, 3.05) is 26.2 Å². The molecule has 3 rings (SSSR count). The molecule has 3 aliphatic heterocycles. The SMILES string of the molecule is CC[C@H](C)[C@H](NC(=O)[C@@](C)(CC)NC(=O)[C@@H]1CCCN1C(=O)C(C)(C)NC(=O)[C@@H](NC(=O)[C@H](C)NC(=O)[C@@H]1CCCN1C(=O)C(C)(C)NC(=O)[C@H](CC(C)C)NC(=O)[C@H](CCC(N)=O)NC(=O)[C@@](C)(CC)NC(C)=O)C(C)C)C(=O)NC(C)(C)C(=O)N1CCC[C@H]1C(=O)N[C@H](CO)CC(C)C. The number of hydrogen-bond donors (Lipinski definition) is 13. The summed E-state index contributed by atoms with van der Waals surface area (Å²) in [7, 11) is 0. The van der Waals surface area contributed by atoms with Gasteiger partial charge in [-0.25, -0.2) is 0 Å². The minimum absolute atomic E-state index is 0.0483. The smallest absolute Gasteiger partial charge is 0.248 e. The highest BCUT2D eigenvalue weighted by atomic mass is 16.3. The van der Waals surface area contributed by atoms with E-state index in [4.69, 9.17) is 5.73 Å². The van der Waals surface area contributed by atoms with Crippen LogP contribution in [-0.2, 0) is 71.9 Å². The molecule has 3 saturated heterocycles. The van der Waals surface area contributed by atoms with E-state index in [0.29, 0.717) is 38.5 Å². The first-order valence-corrected chi connectivity index (χ1v) is 35.9. The molecule has 0 aromatic carbocycles. The van der Waals surface area contributed by atoms with Crippen molar-refractivity contribution in [3.05, 3.63) is 0 Å². The van der Waals surface area contributed by atoms with Crippen LogP contribution in [-0.4, -0.2) is 217 Å². The highest BCUT2D eigenvalue weighted by molar-refractivity contribution is 6.02. The van der Waals surface area contributed by atoms with Crippen molar-refractivity contribution in [1.82, 2.24) is 73.2 Å². The minimum Gasteiger partial charge on any atom is -0.394 e. The Labute approximate surface area is 596 Å². The number of aliphatic hydroxyl groups is 1. The van der Waals surface area contributed by atoms with Crippen molar-refractivity contribution in [1.29, 1.82) is 0 Å². The van der Waals surface area contributed by atoms with Gasteiger partial charge >= 0.3 is 0 Å². The van der Waals surface area contributed by atoms with Gasteiger partial charge in [-0.2, -0.15) is 0 Å². The molecule has 31 heteroatoms. The molecule has 0 spiro atoms. The zero-order chi connectivity index (χ0) is 77.2. The second kappa shape index (κ2) is 37.3. The number of amides is 15. The van der Waals surface area contributed by atoms with E-state index in [1.165, 1.54) is 83.9 Å². The fourth-order valence-electron chi connectivity index (χ4n) is 12.7. The van der Waals surface area contributed by atoms with Crippen LogP contribution in [0.4, 0.5) is 0 Å². The van der Waals surface area contributed by atoms with Crippen molar-refractivity contribution in [3.8, 4) is 0 Å². The van der Waals surface area contributed by atoms with Crippen molar-refractivity contribution in [2.24, 2.45) is 29.4 Å². The molecule has 572 valence electrons. The van der Waals surface area contributed by atoms with E-state index in [9.17, 15) is 77.0 Å². The Morgan fingerprint density at radius 3 is 1.29 bits per heavy atom. The van der Waals surface area contributed by atoms with Crippen LogP contribution in [0.1, 0.15) is 222 Å². The third-order valence-corrected chi connectivity index (χ3v) is 19.4. The van der Waals surface area contributed by atoms with Gasteiger partial charge in [-0.1, -0.05) is 75.7 Å². The van der Waals surface area contributed by atoms with Crippen LogP contribution in [0.15, 0.2) is 0 Å². The molecule has 0 radical (unpaired) electrons. The molecule has 12 atom stereocenters. The summed E-state index contributed by atoms with van der Waals surface area (Å²) < 4.78 is 0. The number of nitrogens with zero attached hydrogens (tertiary/aromatic N) is 3. The lowest BCUT2D eigenvalue weighted by atomic mass is 9.92. The van der Waals surface area contributed by atoms with E-state index in [1.807, 2.05) is 20.8 Å². The fraction of sp³-hybridized carbons (Fsp3) is 0.786. The van der Waals surface area contributed by atoms with E-state index < -0.39 is 183 Å². The van der Waals surface area contributed by atoms with E-state index in [-0.39, 0.29) is 83.0 Å². The zero-order valence-electron chi connectivity index (χ0n) is 63.5. The molecule has 3 heterocycles. The molecular formula is C70H121N15O16. The molecule has 0 bridgehead atoms. The standard InChI is InChI=1S/C70H121N15O16/c1-21-41(10)52(60(96)81-68(17,18)64(100)84-33-25-28-48(84)57(93)73-44(37-86)35-38(4)5)77-62(98)70(20,23-3)82-58(94)49-29-26-34-85(49)65(101)67(15,16)80-59(95)51(40(8)9)76-53(89)42(11)72-56(92)47-27-24-32-83(47)63(99)66(13,14)79-55(91)46(36-39(6)7)74-54(90)45(30-31-50(71)88)75-61(97)69(19,22-2)78-43(12)87/h38-42,44-49,51-52,86H,21-37H2,1-20H3,(H2,71,88)(H,72,92)(H,73,93)(H,74,90)(H,75,97)(H,76,89)(H,77,98)(H,78,87)(H,79,91)(H,80,95)(H,81,96)(H,82,94)/t41-,42-,44-,45-,46-,47-,48-,49-,51-,52-,69+,70+/m0/s1. The summed E-state index contributed by atoms with van der Waals surface area (Å²) >= 11 is 0. The molecule has 0 aliphatic carbocycles. The summed E-state index contributed by atoms with van der Waals surface area (Å²) in [6.45, 7) is 32.4. The molecule has 3 fully saturated rings. The van der Waals surface area contributed by atoms with Gasteiger partial charge in [0.05, 0.1) is 12.6 Å². The summed E-state index contributed by atoms with van der Waals surface area (Å²) in [5, 5.41) is 39.8. The van der Waals surface area contributed by atoms with Crippen LogP contribution in [0.5, 0.6) is 0 Å². The Morgan fingerprint density at radius 1 is 0.465 bits per heavy atom. The number of carbonyl (C=O) groups is 15. The number of likely N-dealkylation sites (tertiary alicyclic amines) is 3. The average Bonchev–Trinajstić information content (AvgIpc) is 1.77. The lowest BCUT2D eigenvalue weighted by Crippen LogP contribution is -2.66. The highest BCUT2D eigenvalue weighted by Gasteiger charge is 2.49. The first-order chi connectivity index (χ1) is 46.7. The molecule has 0 saturated carbocycles. The van der Waals surface area contributed by atoms with Crippen molar-refractivity contribution < 1.29 is 77.0 Å². The van der Waals surface area contributed by atoms with Gasteiger partial charge in [0, 0.05) is 33.0 Å². The monoisotopic (exact) mass is 1430 g/mol. The lowest BCUT2D eigenvalue weighted by Gasteiger charge is -2.37. The molecular weight excluding hydrogens is 1310 g/mol. The van der Waals surface area contributed by atoms with Crippen LogP contribution < -0.4 is 64.2 Å². The van der Waals surface area contributed by atoms with Crippen molar-refractivity contribution in [3.63, 3.8) is 0 Å². The second-order valence-corrected chi connectivity index (χ2v) is 30.9. The average molecular weight is 1430 g/mol. The Bertz CT molecular complexity index is 3030. The Morgan fingerprint density at radius 2 is 0.881 bits per heavy atom. The summed E-state index contributed by atoms with van der Waals surface area (Å²) in [5.74, 6) is -11.1. The van der Waals surface area contributed by atoms with Gasteiger partial charge in [0.25, 0.3) is 0 Å². The number of nitrogens with two attached hydrogens (primary N) is 1. The molecule has 101 heavy (non-hydrogen) atoms. The predicted molar refractivity (Wildman–Crippen MR) is 376 cm³/mol. The molecule has 14 N–H and O–H groups in total. The zero-order valence-corrected chi connectivity index (χ0v) is 63.5. The number of carbonyl (C=O) groups excluding carboxylic acids is 15. The van der Waals surface area contributed by atoms with Gasteiger partial charge in [0.2, 0.25) is 88.6 Å². The highest BCUT2D eigenvalue weighted by Crippen LogP contribution is 2.28. The number of rotatable bonds is 37. The summed E-state index contributed by atoms with van der Waals surface area (Å²) in [6, 6.07) is -9.84. The van der Waals surface area contributed by atoms with Crippen LogP contribution >= 0.6 is 0 Å². The number of primary amides is 1. The first kappa shape index (κ1) is 87.2. The number of hydrogen-bond acceptors (Lipinski definition) is 16. The maximum atomic E-state index is 14.5. The third kappa shape index (κ3) is 24.1. The number of aliphatic hydroxyl groups excluding tert-OH is 1. The van der Waals surface area contributed by atoms with Gasteiger partial charge in [0.1, 0.15) is 76.0 Å². The van der Waals surface area contributed by atoms with Gasteiger partial charge in [-0.15, -0.1) is 0 Å². The quantitative estimate of drug-likeness (QED) is 0.0396. The van der Waals surface area contributed by atoms with Crippen LogP contribution in [0.2, 0.25) is 0 Å². The molecule has 0 aromatic heterocycles. The van der Waals surface area contributed by atoms with Gasteiger partial charge in [-0.3, -0.25) is 71.9 Å². The summed E-state index contributed by atoms with van der Waals surface area (Å²) in [6.07, 6.45) is 2.80. The molecule has 3 aliphatic rings. The topological polar surface area (TPSA) is 444 Å². The van der Waals surface area contributed by atoms with E-state index in [0.717, 1.165) is 0 Å². The fourth-order valence-corrected chi connectivity index (χ4v) is 12.7. The summed E-state index contributed by atoms with van der Waals surface area (Å²) in [4.78, 5) is 211. The van der Waals surface area contributed by atoms with E-state index >= 15 is 0 Å². The van der Waals surface area contributed by atoms with Gasteiger partial charge in [-0.05, 0) is 157 Å². The Balaban J connectivity index is 1.70. The van der Waals surface area contributed by atoms with Crippen LogP contribution in [0.3, 0.4) is 0 Å². The third-order valence-electron chi connectivity index (χ3n) is 19.4. The minimum atomic E-state index is -1.68. The Kier molecular flexibility index (Phi) is 32.2. The Hall–Kier alpha value is -7.99. The van der Waals surface area contributed by atoms with Crippen LogP contribution in [0.25, 0.3) is 0 Å². The first-order valence-electron chi connectivity index (χ1n) is 35.9. The molecule has 0 aromatic rings.